The summed E-state index contributed by atoms with van der Waals surface area (Å²) < 4.78 is 2.48. The van der Waals surface area contributed by atoms with Crippen molar-refractivity contribution in [2.24, 2.45) is 0 Å². The van der Waals surface area contributed by atoms with Crippen LogP contribution in [0.2, 0.25) is 0 Å². The van der Waals surface area contributed by atoms with E-state index in [1.807, 2.05) is 0 Å². The first-order valence-corrected chi connectivity index (χ1v) is 7.95. The minimum Gasteiger partial charge on any atom is -0.0530 e. The Hall–Kier alpha value is -0.600. The average molecular weight is 364 g/mol. The third kappa shape index (κ3) is 1.42. The highest BCUT2D eigenvalue weighted by atomic mass is 79.9. The topological polar surface area (TPSA) is 0 Å². The van der Waals surface area contributed by atoms with Crippen molar-refractivity contribution in [1.29, 1.82) is 0 Å². The fourth-order valence-corrected chi connectivity index (χ4v) is 4.45. The first-order chi connectivity index (χ1) is 8.75. The second-order valence-electron chi connectivity index (χ2n) is 5.16. The lowest BCUT2D eigenvalue weighted by Gasteiger charge is -2.23. The van der Waals surface area contributed by atoms with E-state index in [9.17, 15) is 0 Å². The lowest BCUT2D eigenvalue weighted by Crippen LogP contribution is -2.08. The van der Waals surface area contributed by atoms with Gasteiger partial charge in [0.1, 0.15) is 0 Å². The largest absolute Gasteiger partial charge is 0.0530 e. The molecular weight excluding hydrogens is 352 g/mol. The Morgan fingerprint density at radius 1 is 1.00 bits per heavy atom. The molecular formula is C16H12Br2. The van der Waals surface area contributed by atoms with Crippen LogP contribution >= 0.6 is 31.9 Å². The number of halogens is 2. The van der Waals surface area contributed by atoms with Gasteiger partial charge in [-0.15, -0.1) is 0 Å². The van der Waals surface area contributed by atoms with Crippen LogP contribution in [0.4, 0.5) is 0 Å². The van der Waals surface area contributed by atoms with Gasteiger partial charge in [0.15, 0.2) is 0 Å². The minimum atomic E-state index is 0.619. The maximum absolute atomic E-state index is 3.72. The Kier molecular flexibility index (Phi) is 2.46. The molecule has 2 aliphatic rings. The zero-order chi connectivity index (χ0) is 12.3. The van der Waals surface area contributed by atoms with E-state index < -0.39 is 0 Å². The third-order valence-electron chi connectivity index (χ3n) is 4.25. The van der Waals surface area contributed by atoms with Gasteiger partial charge in [0.2, 0.25) is 0 Å². The summed E-state index contributed by atoms with van der Waals surface area (Å²) in [6.07, 6.45) is 3.81. The van der Waals surface area contributed by atoms with Crippen LogP contribution in [0.3, 0.4) is 0 Å². The molecule has 0 aromatic heterocycles. The zero-order valence-corrected chi connectivity index (χ0v) is 13.0. The number of hydrogen-bond donors (Lipinski definition) is 0. The molecule has 2 aliphatic carbocycles. The van der Waals surface area contributed by atoms with Crippen molar-refractivity contribution in [1.82, 2.24) is 0 Å². The summed E-state index contributed by atoms with van der Waals surface area (Å²) in [5.74, 6) is 0.619. The highest BCUT2D eigenvalue weighted by molar-refractivity contribution is 9.10. The molecule has 0 radical (unpaired) electrons. The van der Waals surface area contributed by atoms with Crippen LogP contribution in [0.5, 0.6) is 0 Å². The van der Waals surface area contributed by atoms with Crippen molar-refractivity contribution in [3.63, 3.8) is 0 Å². The van der Waals surface area contributed by atoms with Crippen LogP contribution in [-0.2, 0) is 6.42 Å². The summed E-state index contributed by atoms with van der Waals surface area (Å²) in [6.45, 7) is 0. The van der Waals surface area contributed by atoms with Crippen molar-refractivity contribution < 1.29 is 0 Å². The average Bonchev–Trinajstić information content (AvgIpc) is 2.69. The Morgan fingerprint density at radius 3 is 2.72 bits per heavy atom. The summed E-state index contributed by atoms with van der Waals surface area (Å²) in [5.41, 5.74) is 7.53. The molecule has 18 heavy (non-hydrogen) atoms. The van der Waals surface area contributed by atoms with Gasteiger partial charge in [-0.25, -0.2) is 0 Å². The fraction of sp³-hybridized carbons (Fsp3) is 0.250. The molecule has 0 bridgehead atoms. The van der Waals surface area contributed by atoms with E-state index in [2.05, 4.69) is 62.2 Å². The zero-order valence-electron chi connectivity index (χ0n) is 9.84. The molecule has 0 saturated carbocycles. The Labute approximate surface area is 124 Å². The Morgan fingerprint density at radius 2 is 1.83 bits per heavy atom. The second-order valence-corrected chi connectivity index (χ2v) is 6.93. The number of rotatable bonds is 0. The van der Waals surface area contributed by atoms with E-state index in [0.29, 0.717) is 5.92 Å². The third-order valence-corrected chi connectivity index (χ3v) is 5.48. The Bertz CT molecular complexity index is 658. The van der Waals surface area contributed by atoms with E-state index in [-0.39, 0.29) is 0 Å². The maximum Gasteiger partial charge on any atom is 0.0210 e. The highest BCUT2D eigenvalue weighted by Gasteiger charge is 2.33. The minimum absolute atomic E-state index is 0.619. The SMILES string of the molecule is Brc1ccc2c(c1)C1CCCc3c(Br)ccc-2c31. The quantitative estimate of drug-likeness (QED) is 0.566. The summed E-state index contributed by atoms with van der Waals surface area (Å²) in [4.78, 5) is 0. The number of fused-ring (bicyclic) bond motifs is 3. The first kappa shape index (κ1) is 11.2. The Balaban J connectivity index is 2.07. The molecule has 4 rings (SSSR count). The van der Waals surface area contributed by atoms with Gasteiger partial charge >= 0.3 is 0 Å². The lowest BCUT2D eigenvalue weighted by molar-refractivity contribution is 0.625. The monoisotopic (exact) mass is 362 g/mol. The van der Waals surface area contributed by atoms with Gasteiger partial charge in [0.25, 0.3) is 0 Å². The van der Waals surface area contributed by atoms with Gasteiger partial charge in [-0.3, -0.25) is 0 Å². The second kappa shape index (κ2) is 3.94. The van der Waals surface area contributed by atoms with E-state index in [1.54, 1.807) is 5.56 Å². The van der Waals surface area contributed by atoms with Gasteiger partial charge in [-0.05, 0) is 65.3 Å². The van der Waals surface area contributed by atoms with Gasteiger partial charge in [0, 0.05) is 14.9 Å². The molecule has 90 valence electrons. The van der Waals surface area contributed by atoms with Crippen molar-refractivity contribution in [3.05, 3.63) is 56.0 Å². The van der Waals surface area contributed by atoms with Crippen LogP contribution in [-0.4, -0.2) is 0 Å². The molecule has 0 amide bonds. The highest BCUT2D eigenvalue weighted by Crippen LogP contribution is 2.52. The number of hydrogen-bond acceptors (Lipinski definition) is 0. The van der Waals surface area contributed by atoms with E-state index >= 15 is 0 Å². The molecule has 0 heterocycles. The standard InChI is InChI=1S/C16H12Br2/c17-9-4-5-10-12-6-7-15(18)13-3-1-2-11(16(12)13)14(10)8-9/h4-8,11H,1-3H2. The van der Waals surface area contributed by atoms with Crippen LogP contribution in [0.25, 0.3) is 11.1 Å². The summed E-state index contributed by atoms with van der Waals surface area (Å²) >= 11 is 7.33. The maximum atomic E-state index is 3.72. The molecule has 1 atom stereocenters. The van der Waals surface area contributed by atoms with E-state index in [0.717, 1.165) is 0 Å². The van der Waals surface area contributed by atoms with Crippen molar-refractivity contribution in [2.75, 3.05) is 0 Å². The molecule has 0 aliphatic heterocycles. The lowest BCUT2D eigenvalue weighted by atomic mass is 9.82. The molecule has 0 fully saturated rings. The number of benzene rings is 2. The van der Waals surface area contributed by atoms with Crippen LogP contribution in [0, 0.1) is 0 Å². The van der Waals surface area contributed by atoms with Gasteiger partial charge in [0.05, 0.1) is 0 Å². The van der Waals surface area contributed by atoms with Crippen LogP contribution in [0.15, 0.2) is 39.3 Å². The van der Waals surface area contributed by atoms with Crippen LogP contribution in [0.1, 0.15) is 35.4 Å². The smallest absolute Gasteiger partial charge is 0.0210 e. The van der Waals surface area contributed by atoms with Gasteiger partial charge < -0.3 is 0 Å². The molecule has 0 nitrogen and oxygen atoms in total. The van der Waals surface area contributed by atoms with Crippen LogP contribution < -0.4 is 0 Å². The van der Waals surface area contributed by atoms with Crippen molar-refractivity contribution >= 4 is 31.9 Å². The molecule has 2 aromatic carbocycles. The first-order valence-electron chi connectivity index (χ1n) is 6.37. The van der Waals surface area contributed by atoms with Crippen molar-refractivity contribution in [2.45, 2.75) is 25.2 Å². The molecule has 2 aromatic rings. The fourth-order valence-electron chi connectivity index (χ4n) is 3.53. The molecule has 0 spiro atoms. The van der Waals surface area contributed by atoms with Gasteiger partial charge in [-0.2, -0.15) is 0 Å². The molecule has 2 heteroatoms. The predicted octanol–water partition coefficient (Wildman–Crippen LogP) is 5.66. The van der Waals surface area contributed by atoms with Crippen molar-refractivity contribution in [3.8, 4) is 11.1 Å². The summed E-state index contributed by atoms with van der Waals surface area (Å²) in [5, 5.41) is 0. The van der Waals surface area contributed by atoms with E-state index in [4.69, 9.17) is 0 Å². The normalized spacial score (nSPS) is 19.6. The molecule has 0 saturated heterocycles. The summed E-state index contributed by atoms with van der Waals surface area (Å²) in [7, 11) is 0. The molecule has 1 unspecified atom stereocenters. The molecule has 0 N–H and O–H groups in total. The van der Waals surface area contributed by atoms with E-state index in [1.165, 1.54) is 50.5 Å². The van der Waals surface area contributed by atoms with Gasteiger partial charge in [-0.1, -0.05) is 44.0 Å². The summed E-state index contributed by atoms with van der Waals surface area (Å²) in [6, 6.07) is 11.2. The predicted molar refractivity (Wildman–Crippen MR) is 82.1 cm³/mol.